The number of anilines is 1. The Kier molecular flexibility index (Phi) is 5.65. The van der Waals surface area contributed by atoms with Crippen LogP contribution >= 0.6 is 11.6 Å². The number of hydrogen-bond acceptors (Lipinski definition) is 4. The molecule has 1 aliphatic rings. The van der Waals surface area contributed by atoms with Gasteiger partial charge in [-0.2, -0.15) is 5.26 Å². The van der Waals surface area contributed by atoms with Gasteiger partial charge in [0.2, 0.25) is 0 Å². The molecule has 1 fully saturated rings. The number of carbonyl (C=O) groups is 1. The predicted molar refractivity (Wildman–Crippen MR) is 101 cm³/mol. The molecule has 1 unspecified atom stereocenters. The zero-order valence-electron chi connectivity index (χ0n) is 14.6. The topological polar surface area (TPSA) is 56.6 Å². The molecule has 0 saturated carbocycles. The van der Waals surface area contributed by atoms with E-state index in [2.05, 4.69) is 11.0 Å². The minimum absolute atomic E-state index is 0.0341. The molecule has 0 aromatic heterocycles. The molecular weight excluding hydrogens is 350 g/mol. The molecule has 0 aliphatic carbocycles. The molecule has 2 aromatic carbocycles. The zero-order valence-corrected chi connectivity index (χ0v) is 15.3. The summed E-state index contributed by atoms with van der Waals surface area (Å²) in [5.41, 5.74) is 1.56. The molecule has 0 spiro atoms. The van der Waals surface area contributed by atoms with Gasteiger partial charge in [-0.1, -0.05) is 23.7 Å². The van der Waals surface area contributed by atoms with Gasteiger partial charge in [0.25, 0.3) is 5.91 Å². The smallest absolute Gasteiger partial charge is 0.263 e. The number of nitrogens with zero attached hydrogens (tertiary/aromatic N) is 3. The van der Waals surface area contributed by atoms with Gasteiger partial charge < -0.3 is 14.5 Å². The van der Waals surface area contributed by atoms with E-state index in [4.69, 9.17) is 21.6 Å². The highest BCUT2D eigenvalue weighted by atomic mass is 35.5. The van der Waals surface area contributed by atoms with E-state index in [1.54, 1.807) is 31.2 Å². The lowest BCUT2D eigenvalue weighted by Crippen LogP contribution is -2.52. The van der Waals surface area contributed by atoms with Crippen LogP contribution < -0.4 is 9.64 Å². The van der Waals surface area contributed by atoms with Crippen molar-refractivity contribution in [2.75, 3.05) is 31.1 Å². The Morgan fingerprint density at radius 2 is 1.77 bits per heavy atom. The Balaban J connectivity index is 1.56. The first-order chi connectivity index (χ1) is 12.6. The van der Waals surface area contributed by atoms with Crippen molar-refractivity contribution in [2.45, 2.75) is 13.0 Å². The first-order valence-corrected chi connectivity index (χ1v) is 8.91. The number of halogens is 1. The van der Waals surface area contributed by atoms with E-state index < -0.39 is 6.10 Å². The lowest BCUT2D eigenvalue weighted by molar-refractivity contribution is -0.138. The van der Waals surface area contributed by atoms with Gasteiger partial charge in [-0.15, -0.1) is 0 Å². The molecule has 26 heavy (non-hydrogen) atoms. The monoisotopic (exact) mass is 369 g/mol. The Morgan fingerprint density at radius 1 is 1.12 bits per heavy atom. The second-order valence-corrected chi connectivity index (χ2v) is 6.57. The van der Waals surface area contributed by atoms with Crippen molar-refractivity contribution in [3.63, 3.8) is 0 Å². The zero-order chi connectivity index (χ0) is 18.5. The van der Waals surface area contributed by atoms with Crippen molar-refractivity contribution >= 4 is 23.2 Å². The van der Waals surface area contributed by atoms with Gasteiger partial charge in [-0.05, 0) is 43.3 Å². The molecule has 0 radical (unpaired) electrons. The van der Waals surface area contributed by atoms with Gasteiger partial charge in [0.1, 0.15) is 5.75 Å². The molecule has 1 atom stereocenters. The van der Waals surface area contributed by atoms with Gasteiger partial charge in [-0.25, -0.2) is 0 Å². The fraction of sp³-hybridized carbons (Fsp3) is 0.300. The van der Waals surface area contributed by atoms with E-state index in [-0.39, 0.29) is 5.91 Å². The molecule has 1 saturated heterocycles. The van der Waals surface area contributed by atoms with Gasteiger partial charge in [0.15, 0.2) is 6.10 Å². The fourth-order valence-corrected chi connectivity index (χ4v) is 3.25. The van der Waals surface area contributed by atoms with Crippen molar-refractivity contribution in [3.05, 3.63) is 59.1 Å². The van der Waals surface area contributed by atoms with Gasteiger partial charge in [-0.3, -0.25) is 4.79 Å². The highest BCUT2D eigenvalue weighted by Gasteiger charge is 2.26. The van der Waals surface area contributed by atoms with Gasteiger partial charge in [0.05, 0.1) is 22.3 Å². The number of piperazine rings is 1. The third kappa shape index (κ3) is 4.09. The molecule has 0 bridgehead atoms. The summed E-state index contributed by atoms with van der Waals surface area (Å²) in [6.45, 7) is 4.48. The highest BCUT2D eigenvalue weighted by molar-refractivity contribution is 6.33. The molecule has 134 valence electrons. The van der Waals surface area contributed by atoms with Crippen LogP contribution in [0.3, 0.4) is 0 Å². The second-order valence-electron chi connectivity index (χ2n) is 6.16. The predicted octanol–water partition coefficient (Wildman–Crippen LogP) is 3.33. The van der Waals surface area contributed by atoms with Crippen molar-refractivity contribution < 1.29 is 9.53 Å². The SMILES string of the molecule is CC(Oc1ccc(C#N)cc1)C(=O)N1CCN(c2ccccc2Cl)CC1. The molecule has 5 nitrogen and oxygen atoms in total. The van der Waals surface area contributed by atoms with E-state index >= 15 is 0 Å². The molecule has 1 heterocycles. The molecule has 3 rings (SSSR count). The third-order valence-corrected chi connectivity index (χ3v) is 4.75. The summed E-state index contributed by atoms with van der Waals surface area (Å²) >= 11 is 6.26. The summed E-state index contributed by atoms with van der Waals surface area (Å²) in [5, 5.41) is 9.55. The van der Waals surface area contributed by atoms with Gasteiger partial charge >= 0.3 is 0 Å². The normalized spacial score (nSPS) is 15.3. The van der Waals surface area contributed by atoms with Gasteiger partial charge in [0, 0.05) is 26.2 Å². The average molecular weight is 370 g/mol. The highest BCUT2D eigenvalue weighted by Crippen LogP contribution is 2.26. The summed E-state index contributed by atoms with van der Waals surface area (Å²) in [7, 11) is 0. The number of benzene rings is 2. The number of amides is 1. The largest absolute Gasteiger partial charge is 0.481 e. The number of para-hydroxylation sites is 1. The van der Waals surface area contributed by atoms with Crippen LogP contribution in [0.2, 0.25) is 5.02 Å². The number of hydrogen-bond donors (Lipinski definition) is 0. The third-order valence-electron chi connectivity index (χ3n) is 4.43. The minimum atomic E-state index is -0.574. The Hall–Kier alpha value is -2.71. The first-order valence-electron chi connectivity index (χ1n) is 8.53. The summed E-state index contributed by atoms with van der Waals surface area (Å²) in [6.07, 6.45) is -0.574. The maximum atomic E-state index is 12.6. The van der Waals surface area contributed by atoms with E-state index in [0.29, 0.717) is 24.4 Å². The van der Waals surface area contributed by atoms with Crippen LogP contribution in [0.15, 0.2) is 48.5 Å². The molecular formula is C20H20ClN3O2. The van der Waals surface area contributed by atoms with Crippen LogP contribution in [-0.2, 0) is 4.79 Å². The Labute approximate surface area is 158 Å². The van der Waals surface area contributed by atoms with Crippen LogP contribution in [-0.4, -0.2) is 43.1 Å². The number of nitriles is 1. The van der Waals surface area contributed by atoms with E-state index in [0.717, 1.165) is 23.8 Å². The summed E-state index contributed by atoms with van der Waals surface area (Å²) in [5.74, 6) is 0.549. The van der Waals surface area contributed by atoms with Crippen LogP contribution in [0.4, 0.5) is 5.69 Å². The van der Waals surface area contributed by atoms with E-state index in [9.17, 15) is 4.79 Å². The van der Waals surface area contributed by atoms with Crippen LogP contribution in [0, 0.1) is 11.3 Å². The van der Waals surface area contributed by atoms with Crippen LogP contribution in [0.1, 0.15) is 12.5 Å². The quantitative estimate of drug-likeness (QED) is 0.829. The maximum absolute atomic E-state index is 12.6. The summed E-state index contributed by atoms with van der Waals surface area (Å²) in [4.78, 5) is 16.7. The summed E-state index contributed by atoms with van der Waals surface area (Å²) < 4.78 is 5.72. The Bertz CT molecular complexity index is 809. The van der Waals surface area contributed by atoms with Crippen molar-refractivity contribution in [1.29, 1.82) is 5.26 Å². The lowest BCUT2D eigenvalue weighted by Gasteiger charge is -2.37. The van der Waals surface area contributed by atoms with Crippen molar-refractivity contribution in [1.82, 2.24) is 4.90 Å². The molecule has 6 heteroatoms. The van der Waals surface area contributed by atoms with E-state index in [1.165, 1.54) is 0 Å². The number of carbonyl (C=O) groups excluding carboxylic acids is 1. The molecule has 1 amide bonds. The maximum Gasteiger partial charge on any atom is 0.263 e. The average Bonchev–Trinajstić information content (AvgIpc) is 2.68. The molecule has 2 aromatic rings. The minimum Gasteiger partial charge on any atom is -0.481 e. The van der Waals surface area contributed by atoms with E-state index in [1.807, 2.05) is 29.2 Å². The Morgan fingerprint density at radius 3 is 2.38 bits per heavy atom. The molecule has 0 N–H and O–H groups in total. The standard InChI is InChI=1S/C20H20ClN3O2/c1-15(26-17-8-6-16(14-22)7-9-17)20(25)24-12-10-23(11-13-24)19-5-3-2-4-18(19)21/h2-9,15H,10-13H2,1H3. The van der Waals surface area contributed by atoms with Crippen LogP contribution in [0.5, 0.6) is 5.75 Å². The second kappa shape index (κ2) is 8.11. The fourth-order valence-electron chi connectivity index (χ4n) is 3.00. The summed E-state index contributed by atoms with van der Waals surface area (Å²) in [6, 6.07) is 16.6. The molecule has 1 aliphatic heterocycles. The number of ether oxygens (including phenoxy) is 1. The first kappa shape index (κ1) is 18.1. The lowest BCUT2D eigenvalue weighted by atomic mass is 10.2. The van der Waals surface area contributed by atoms with Crippen LogP contribution in [0.25, 0.3) is 0 Å². The number of rotatable bonds is 4. The van der Waals surface area contributed by atoms with Crippen molar-refractivity contribution in [2.24, 2.45) is 0 Å². The van der Waals surface area contributed by atoms with Crippen molar-refractivity contribution in [3.8, 4) is 11.8 Å².